The van der Waals surface area contributed by atoms with E-state index in [0.29, 0.717) is 5.56 Å². The fourth-order valence-corrected chi connectivity index (χ4v) is 4.65. The van der Waals surface area contributed by atoms with Crippen LogP contribution in [-0.4, -0.2) is 48.3 Å². The van der Waals surface area contributed by atoms with Crippen molar-refractivity contribution in [2.45, 2.75) is 51.9 Å². The fourth-order valence-electron chi connectivity index (χ4n) is 3.90. The van der Waals surface area contributed by atoms with Crippen molar-refractivity contribution in [2.24, 2.45) is 5.92 Å². The number of carbonyl (C=O) groups is 1. The maximum Gasteiger partial charge on any atom is 0.138 e. The van der Waals surface area contributed by atoms with Crippen molar-refractivity contribution in [3.05, 3.63) is 59.4 Å². The van der Waals surface area contributed by atoms with E-state index in [0.717, 1.165) is 30.2 Å². The molecule has 1 N–H and O–H groups in total. The van der Waals surface area contributed by atoms with Gasteiger partial charge < -0.3 is 4.79 Å². The lowest BCUT2D eigenvalue weighted by molar-refractivity contribution is -0.110. The number of likely N-dealkylation sites (N-methyl/N-ethyl adjacent to an activating group) is 1. The summed E-state index contributed by atoms with van der Waals surface area (Å²) in [4.78, 5) is 11.4. The number of halogens is 4. The molecule has 0 bridgehead atoms. The number of nitrogens with one attached hydrogen (secondary N) is 1. The van der Waals surface area contributed by atoms with Gasteiger partial charge in [0.1, 0.15) is 29.4 Å². The third-order valence-corrected chi connectivity index (χ3v) is 6.18. The van der Waals surface area contributed by atoms with Gasteiger partial charge in [-0.1, -0.05) is 50.9 Å². The number of benzene rings is 2. The quantitative estimate of drug-likeness (QED) is 0.305. The summed E-state index contributed by atoms with van der Waals surface area (Å²) in [6.45, 7) is 7.48. The SMILES string of the molecule is CC(C)C=O.CCSNC1C(Cc2cccc(-c3cc(F)cc(F)c3)c2F)N(C)CC1(C)F. The number of aldehydes is 1. The molecule has 33 heavy (non-hydrogen) atoms. The van der Waals surface area contributed by atoms with E-state index < -0.39 is 29.2 Å². The molecule has 2 aromatic carbocycles. The van der Waals surface area contributed by atoms with Crippen molar-refractivity contribution in [3.63, 3.8) is 0 Å². The molecule has 2 aromatic rings. The van der Waals surface area contributed by atoms with Crippen molar-refractivity contribution < 1.29 is 22.4 Å². The molecule has 0 radical (unpaired) electrons. The van der Waals surface area contributed by atoms with Crippen LogP contribution in [0.5, 0.6) is 0 Å². The number of hydrogen-bond acceptors (Lipinski definition) is 4. The lowest BCUT2D eigenvalue weighted by Crippen LogP contribution is -2.47. The summed E-state index contributed by atoms with van der Waals surface area (Å²) in [6, 6.07) is 7.04. The van der Waals surface area contributed by atoms with Crippen molar-refractivity contribution in [2.75, 3.05) is 19.3 Å². The zero-order chi connectivity index (χ0) is 24.8. The monoisotopic (exact) mass is 484 g/mol. The minimum absolute atomic E-state index is 0.131. The Morgan fingerprint density at radius 1 is 1.21 bits per heavy atom. The van der Waals surface area contributed by atoms with Gasteiger partial charge in [0.05, 0.1) is 6.04 Å². The van der Waals surface area contributed by atoms with Crippen molar-refractivity contribution in [3.8, 4) is 11.1 Å². The first-order chi connectivity index (χ1) is 15.5. The first-order valence-corrected chi connectivity index (χ1v) is 11.9. The number of rotatable bonds is 7. The third-order valence-electron chi connectivity index (χ3n) is 5.47. The second kappa shape index (κ2) is 12.0. The average molecular weight is 485 g/mol. The molecule has 182 valence electrons. The molecule has 1 fully saturated rings. The average Bonchev–Trinajstić information content (AvgIpc) is 2.94. The Morgan fingerprint density at radius 3 is 2.36 bits per heavy atom. The largest absolute Gasteiger partial charge is 0.303 e. The molecule has 3 atom stereocenters. The van der Waals surface area contributed by atoms with Gasteiger partial charge in [0.15, 0.2) is 0 Å². The van der Waals surface area contributed by atoms with Crippen LogP contribution in [0.15, 0.2) is 36.4 Å². The van der Waals surface area contributed by atoms with E-state index in [9.17, 15) is 13.6 Å². The van der Waals surface area contributed by atoms with E-state index in [2.05, 4.69) is 4.72 Å². The maximum absolute atomic E-state index is 15.2. The number of hydrogen-bond donors (Lipinski definition) is 1. The molecule has 1 heterocycles. The lowest BCUT2D eigenvalue weighted by Gasteiger charge is -2.28. The van der Waals surface area contributed by atoms with Gasteiger partial charge in [-0.3, -0.25) is 9.62 Å². The van der Waals surface area contributed by atoms with Gasteiger partial charge >= 0.3 is 0 Å². The molecule has 0 spiro atoms. The summed E-state index contributed by atoms with van der Waals surface area (Å²) in [5.74, 6) is -1.06. The highest BCUT2D eigenvalue weighted by Crippen LogP contribution is 2.34. The highest BCUT2D eigenvalue weighted by atomic mass is 32.2. The van der Waals surface area contributed by atoms with Crippen LogP contribution in [-0.2, 0) is 11.2 Å². The van der Waals surface area contributed by atoms with Crippen LogP contribution in [0.3, 0.4) is 0 Å². The summed E-state index contributed by atoms with van der Waals surface area (Å²) >= 11 is 1.44. The van der Waals surface area contributed by atoms with Crippen molar-refractivity contribution in [1.82, 2.24) is 9.62 Å². The van der Waals surface area contributed by atoms with Crippen LogP contribution < -0.4 is 4.72 Å². The second-order valence-corrected chi connectivity index (χ2v) is 9.91. The molecule has 1 aliphatic heterocycles. The topological polar surface area (TPSA) is 32.3 Å². The number of likely N-dealkylation sites (tertiary alicyclic amines) is 1. The molecule has 1 saturated heterocycles. The maximum atomic E-state index is 15.2. The molecule has 0 aliphatic carbocycles. The lowest BCUT2D eigenvalue weighted by atomic mass is 9.92. The highest BCUT2D eigenvalue weighted by Gasteiger charge is 2.49. The molecule has 0 aromatic heterocycles. The molecular weight excluding hydrogens is 452 g/mol. The van der Waals surface area contributed by atoms with Crippen LogP contribution in [0.4, 0.5) is 17.6 Å². The highest BCUT2D eigenvalue weighted by molar-refractivity contribution is 7.97. The van der Waals surface area contributed by atoms with E-state index >= 15 is 8.78 Å². The van der Waals surface area contributed by atoms with Gasteiger partial charge in [0.2, 0.25) is 0 Å². The van der Waals surface area contributed by atoms with Gasteiger partial charge in [-0.05, 0) is 43.7 Å². The van der Waals surface area contributed by atoms with Gasteiger partial charge in [-0.2, -0.15) is 0 Å². The zero-order valence-corrected chi connectivity index (χ0v) is 20.5. The van der Waals surface area contributed by atoms with E-state index in [-0.39, 0.29) is 36.1 Å². The van der Waals surface area contributed by atoms with Crippen LogP contribution >= 0.6 is 11.9 Å². The van der Waals surface area contributed by atoms with Gasteiger partial charge in [0, 0.05) is 35.9 Å². The van der Waals surface area contributed by atoms with Crippen LogP contribution in [0, 0.1) is 23.4 Å². The first-order valence-electron chi connectivity index (χ1n) is 11.0. The first kappa shape index (κ1) is 27.3. The number of carbonyl (C=O) groups excluding carboxylic acids is 1. The molecule has 8 heteroatoms. The Bertz CT molecular complexity index is 918. The molecule has 3 unspecified atom stereocenters. The number of nitrogens with zero attached hydrogens (tertiary/aromatic N) is 1. The third kappa shape index (κ3) is 7.29. The van der Waals surface area contributed by atoms with Crippen LogP contribution in [0.1, 0.15) is 33.3 Å². The van der Waals surface area contributed by atoms with Gasteiger partial charge in [0.25, 0.3) is 0 Å². The van der Waals surface area contributed by atoms with Crippen LogP contribution in [0.25, 0.3) is 11.1 Å². The standard InChI is InChI=1S/C21H24F4N2S.C4H8O/c1-4-28-26-20-18(27(3)12-21(20,2)25)10-13-6-5-7-17(19(13)24)14-8-15(22)11-16(23)9-14;1-4(2)3-5/h5-9,11,18,20,26H,4,10,12H2,1-3H3;3-4H,1-2H3. The van der Waals surface area contributed by atoms with E-state index in [4.69, 9.17) is 0 Å². The Morgan fingerprint density at radius 2 is 1.82 bits per heavy atom. The molecule has 3 nitrogen and oxygen atoms in total. The summed E-state index contributed by atoms with van der Waals surface area (Å²) in [6.07, 6.45) is 1.20. The number of alkyl halides is 1. The summed E-state index contributed by atoms with van der Waals surface area (Å²) in [7, 11) is 1.82. The summed E-state index contributed by atoms with van der Waals surface area (Å²) < 4.78 is 60.5. The second-order valence-electron chi connectivity index (χ2n) is 8.81. The zero-order valence-electron chi connectivity index (χ0n) is 19.7. The van der Waals surface area contributed by atoms with E-state index in [1.165, 1.54) is 18.0 Å². The molecule has 0 saturated carbocycles. The summed E-state index contributed by atoms with van der Waals surface area (Å²) in [5.41, 5.74) is -0.776. The van der Waals surface area contributed by atoms with Crippen molar-refractivity contribution >= 4 is 18.2 Å². The Hall–Kier alpha value is -1.90. The normalized spacial score (nSPS) is 22.8. The minimum atomic E-state index is -1.44. The molecule has 3 rings (SSSR count). The van der Waals surface area contributed by atoms with E-state index in [1.807, 2.05) is 32.7 Å². The summed E-state index contributed by atoms with van der Waals surface area (Å²) in [5, 5.41) is 0. The van der Waals surface area contributed by atoms with E-state index in [1.54, 1.807) is 19.1 Å². The van der Waals surface area contributed by atoms with Gasteiger partial charge in [-0.15, -0.1) is 0 Å². The predicted octanol–water partition coefficient (Wildman–Crippen LogP) is 5.82. The Balaban J connectivity index is 0.000000696. The minimum Gasteiger partial charge on any atom is -0.303 e. The van der Waals surface area contributed by atoms with Gasteiger partial charge in [-0.25, -0.2) is 17.6 Å². The molecule has 1 aliphatic rings. The van der Waals surface area contributed by atoms with Crippen molar-refractivity contribution in [1.29, 1.82) is 0 Å². The smallest absolute Gasteiger partial charge is 0.138 e. The Kier molecular flexibility index (Phi) is 9.94. The molecule has 0 amide bonds. The predicted molar refractivity (Wildman–Crippen MR) is 127 cm³/mol. The molecular formula is C25H32F4N2OS. The van der Waals surface area contributed by atoms with Crippen LogP contribution in [0.2, 0.25) is 0 Å². The Labute approximate surface area is 198 Å². The fraction of sp³-hybridized carbons (Fsp3) is 0.480.